The molecular weight excluding hydrogens is 203 g/mol. The molecule has 5 heteroatoms. The van der Waals surface area contributed by atoms with Crippen molar-refractivity contribution in [3.63, 3.8) is 0 Å². The predicted octanol–water partition coefficient (Wildman–Crippen LogP) is 1.40. The molecule has 86 valence electrons. The Morgan fingerprint density at radius 3 is 1.87 bits per heavy atom. The summed E-state index contributed by atoms with van der Waals surface area (Å²) in [5.74, 6) is -1.72. The van der Waals surface area contributed by atoms with Gasteiger partial charge in [0, 0.05) is 0 Å². The molecule has 0 amide bonds. The molecule has 1 unspecified atom stereocenters. The zero-order valence-electron chi connectivity index (χ0n) is 9.08. The van der Waals surface area contributed by atoms with Crippen LogP contribution in [0.1, 0.15) is 20.8 Å². The molecule has 0 aromatic rings. The van der Waals surface area contributed by atoms with E-state index < -0.39 is 23.7 Å². The first kappa shape index (κ1) is 13.6. The van der Waals surface area contributed by atoms with Gasteiger partial charge in [0.15, 0.2) is 0 Å². The monoisotopic (exact) mass is 218 g/mol. The molecule has 4 nitrogen and oxygen atoms in total. The van der Waals surface area contributed by atoms with Crippen LogP contribution in [0.5, 0.6) is 0 Å². The fourth-order valence-corrected chi connectivity index (χ4v) is 0.867. The molecule has 15 heavy (non-hydrogen) atoms. The van der Waals surface area contributed by atoms with Crippen molar-refractivity contribution in [3.05, 3.63) is 11.6 Å². The summed E-state index contributed by atoms with van der Waals surface area (Å²) >= 11 is 0. The number of carbonyl (C=O) groups excluding carboxylic acids is 2. The molecular formula is C10H15FO4. The van der Waals surface area contributed by atoms with Crippen LogP contribution >= 0.6 is 0 Å². The fourth-order valence-electron chi connectivity index (χ4n) is 0.867. The lowest BCUT2D eigenvalue weighted by Crippen LogP contribution is -2.19. The zero-order valence-corrected chi connectivity index (χ0v) is 9.08. The van der Waals surface area contributed by atoms with Gasteiger partial charge in [0.1, 0.15) is 11.7 Å². The van der Waals surface area contributed by atoms with E-state index in [-0.39, 0.29) is 13.2 Å². The third-order valence-electron chi connectivity index (χ3n) is 1.39. The Bertz CT molecular complexity index is 238. The third-order valence-corrected chi connectivity index (χ3v) is 1.39. The second-order valence-electron chi connectivity index (χ2n) is 2.70. The number of halogens is 1. The van der Waals surface area contributed by atoms with Crippen LogP contribution in [0, 0.1) is 0 Å². The van der Waals surface area contributed by atoms with E-state index in [0.29, 0.717) is 0 Å². The molecule has 0 radical (unpaired) electrons. The second-order valence-corrected chi connectivity index (χ2v) is 2.70. The smallest absolute Gasteiger partial charge is 0.345 e. The molecule has 0 bridgehead atoms. The van der Waals surface area contributed by atoms with Crippen LogP contribution in [0.15, 0.2) is 11.6 Å². The first-order valence-electron chi connectivity index (χ1n) is 4.73. The van der Waals surface area contributed by atoms with E-state index >= 15 is 0 Å². The summed E-state index contributed by atoms with van der Waals surface area (Å²) < 4.78 is 21.9. The van der Waals surface area contributed by atoms with E-state index in [1.54, 1.807) is 13.8 Å². The molecule has 0 aromatic carbocycles. The molecule has 0 fully saturated rings. The lowest BCUT2D eigenvalue weighted by atomic mass is 10.2. The normalized spacial score (nSPS) is 11.5. The standard InChI is InChI=1S/C10H15FO4/c1-4-14-9(12)8(6-7(3)11)10(13)15-5-2/h6-7H,4-5H2,1-3H3. The second kappa shape index (κ2) is 6.98. The SMILES string of the molecule is CCOC(=O)C(=CC(C)F)C(=O)OCC. The van der Waals surface area contributed by atoms with Crippen LogP contribution in [0.3, 0.4) is 0 Å². The van der Waals surface area contributed by atoms with Gasteiger partial charge >= 0.3 is 11.9 Å². The molecule has 0 saturated carbocycles. The summed E-state index contributed by atoms with van der Waals surface area (Å²) in [6, 6.07) is 0. The lowest BCUT2D eigenvalue weighted by Gasteiger charge is -2.06. The first-order chi connectivity index (χ1) is 7.02. The van der Waals surface area contributed by atoms with Crippen molar-refractivity contribution >= 4 is 11.9 Å². The number of alkyl halides is 1. The molecule has 0 N–H and O–H groups in total. The average Bonchev–Trinajstić information content (AvgIpc) is 2.14. The highest BCUT2D eigenvalue weighted by Crippen LogP contribution is 2.05. The number of carbonyl (C=O) groups is 2. The highest BCUT2D eigenvalue weighted by atomic mass is 19.1. The summed E-state index contributed by atoms with van der Waals surface area (Å²) in [7, 11) is 0. The number of hydrogen-bond donors (Lipinski definition) is 0. The molecule has 0 aliphatic heterocycles. The highest BCUT2D eigenvalue weighted by Gasteiger charge is 2.21. The summed E-state index contributed by atoms with van der Waals surface area (Å²) in [5, 5.41) is 0. The van der Waals surface area contributed by atoms with Gasteiger partial charge in [-0.2, -0.15) is 0 Å². The van der Waals surface area contributed by atoms with Crippen LogP contribution in [0.4, 0.5) is 4.39 Å². The van der Waals surface area contributed by atoms with Crippen molar-refractivity contribution in [1.82, 2.24) is 0 Å². The maximum atomic E-state index is 12.7. The maximum absolute atomic E-state index is 12.7. The Morgan fingerprint density at radius 2 is 1.60 bits per heavy atom. The van der Waals surface area contributed by atoms with Gasteiger partial charge < -0.3 is 9.47 Å². The van der Waals surface area contributed by atoms with Crippen molar-refractivity contribution in [2.75, 3.05) is 13.2 Å². The first-order valence-corrected chi connectivity index (χ1v) is 4.73. The number of rotatable bonds is 5. The quantitative estimate of drug-likeness (QED) is 0.303. The number of allylic oxidation sites excluding steroid dienone is 1. The van der Waals surface area contributed by atoms with E-state index in [4.69, 9.17) is 0 Å². The van der Waals surface area contributed by atoms with E-state index in [1.165, 1.54) is 6.92 Å². The molecule has 0 aromatic heterocycles. The van der Waals surface area contributed by atoms with Crippen LogP contribution in [0.2, 0.25) is 0 Å². The summed E-state index contributed by atoms with van der Waals surface area (Å²) in [6.07, 6.45) is -0.524. The number of esters is 2. The Balaban J connectivity index is 4.73. The van der Waals surface area contributed by atoms with Crippen LogP contribution in [-0.2, 0) is 19.1 Å². The Hall–Kier alpha value is -1.39. The maximum Gasteiger partial charge on any atom is 0.345 e. The van der Waals surface area contributed by atoms with Crippen molar-refractivity contribution in [1.29, 1.82) is 0 Å². The minimum Gasteiger partial charge on any atom is -0.462 e. The van der Waals surface area contributed by atoms with E-state index in [0.717, 1.165) is 6.08 Å². The van der Waals surface area contributed by atoms with Gasteiger partial charge in [-0.3, -0.25) is 0 Å². The van der Waals surface area contributed by atoms with Gasteiger partial charge in [-0.15, -0.1) is 0 Å². The summed E-state index contributed by atoms with van der Waals surface area (Å²) in [4.78, 5) is 22.5. The van der Waals surface area contributed by atoms with Crippen LogP contribution in [-0.4, -0.2) is 31.3 Å². The Morgan fingerprint density at radius 1 is 1.20 bits per heavy atom. The lowest BCUT2D eigenvalue weighted by molar-refractivity contribution is -0.146. The van der Waals surface area contributed by atoms with Crippen molar-refractivity contribution in [3.8, 4) is 0 Å². The largest absolute Gasteiger partial charge is 0.462 e. The van der Waals surface area contributed by atoms with Crippen molar-refractivity contribution < 1.29 is 23.5 Å². The van der Waals surface area contributed by atoms with E-state index in [9.17, 15) is 14.0 Å². The molecule has 0 spiro atoms. The highest BCUT2D eigenvalue weighted by molar-refractivity contribution is 6.14. The van der Waals surface area contributed by atoms with Gasteiger partial charge in [-0.1, -0.05) is 0 Å². The number of ether oxygens (including phenoxy) is 2. The van der Waals surface area contributed by atoms with Crippen LogP contribution in [0.25, 0.3) is 0 Å². The molecule has 0 aliphatic rings. The van der Waals surface area contributed by atoms with Crippen molar-refractivity contribution in [2.24, 2.45) is 0 Å². The summed E-state index contributed by atoms with van der Waals surface area (Å²) in [5.41, 5.74) is -0.395. The van der Waals surface area contributed by atoms with E-state index in [1.807, 2.05) is 0 Å². The predicted molar refractivity (Wildman–Crippen MR) is 51.9 cm³/mol. The van der Waals surface area contributed by atoms with E-state index in [2.05, 4.69) is 9.47 Å². The minimum atomic E-state index is -1.41. The van der Waals surface area contributed by atoms with Gasteiger partial charge in [-0.25, -0.2) is 14.0 Å². The molecule has 0 aliphatic carbocycles. The Labute approximate surface area is 88.0 Å². The minimum absolute atomic E-state index is 0.121. The van der Waals surface area contributed by atoms with Gasteiger partial charge in [-0.05, 0) is 26.8 Å². The van der Waals surface area contributed by atoms with Gasteiger partial charge in [0.05, 0.1) is 13.2 Å². The number of hydrogen-bond acceptors (Lipinski definition) is 4. The van der Waals surface area contributed by atoms with Crippen molar-refractivity contribution in [2.45, 2.75) is 26.9 Å². The zero-order chi connectivity index (χ0) is 11.8. The van der Waals surface area contributed by atoms with Gasteiger partial charge in [0.25, 0.3) is 0 Å². The Kier molecular flexibility index (Phi) is 6.33. The fraction of sp³-hybridized carbons (Fsp3) is 0.600. The molecule has 0 saturated heterocycles. The molecule has 0 rings (SSSR count). The van der Waals surface area contributed by atoms with Crippen LogP contribution < -0.4 is 0 Å². The third kappa shape index (κ3) is 5.15. The molecule has 1 atom stereocenters. The summed E-state index contributed by atoms with van der Waals surface area (Å²) in [6.45, 7) is 4.64. The topological polar surface area (TPSA) is 52.6 Å². The average molecular weight is 218 g/mol. The molecule has 0 heterocycles. The van der Waals surface area contributed by atoms with Gasteiger partial charge in [0.2, 0.25) is 0 Å².